The smallest absolute Gasteiger partial charge is 0.286 e. The molecular formula is C11H18Br2Cl5O4P. The fourth-order valence-electron chi connectivity index (χ4n) is 1.08. The van der Waals surface area contributed by atoms with Crippen molar-refractivity contribution in [3.8, 4) is 0 Å². The van der Waals surface area contributed by atoms with Crippen LogP contribution in [0.1, 0.15) is 0 Å². The summed E-state index contributed by atoms with van der Waals surface area (Å²) >= 11 is 35.6. The maximum Gasteiger partial charge on any atom is 0.475 e. The Hall–Kier alpha value is 2.52. The predicted molar refractivity (Wildman–Crippen MR) is 107 cm³/mol. The molecule has 0 saturated carbocycles. The van der Waals surface area contributed by atoms with Crippen molar-refractivity contribution in [2.24, 2.45) is 5.41 Å². The molecule has 0 atom stereocenters. The number of phosphoric acid groups is 1. The summed E-state index contributed by atoms with van der Waals surface area (Å²) < 4.78 is 29.1. The predicted octanol–water partition coefficient (Wildman–Crippen LogP) is 5.85. The van der Waals surface area contributed by atoms with Gasteiger partial charge < -0.3 is 0 Å². The summed E-state index contributed by atoms with van der Waals surface area (Å²) in [5.41, 5.74) is -0.487. The van der Waals surface area contributed by atoms with Crippen molar-refractivity contribution in [1.82, 2.24) is 0 Å². The number of alkyl halides is 7. The third-order valence-electron chi connectivity index (χ3n) is 2.62. The van der Waals surface area contributed by atoms with E-state index in [1.54, 1.807) is 0 Å². The average molecular weight is 582 g/mol. The second kappa shape index (κ2) is 13.7. The van der Waals surface area contributed by atoms with Crippen molar-refractivity contribution in [3.05, 3.63) is 0 Å². The van der Waals surface area contributed by atoms with Crippen LogP contribution in [0.4, 0.5) is 0 Å². The number of hydrogen-bond donors (Lipinski definition) is 0. The van der Waals surface area contributed by atoms with Gasteiger partial charge in [0.25, 0.3) is 0 Å². The van der Waals surface area contributed by atoms with Crippen LogP contribution in [-0.4, -0.2) is 58.9 Å². The Morgan fingerprint density at radius 3 is 1.52 bits per heavy atom. The minimum atomic E-state index is -3.97. The van der Waals surface area contributed by atoms with Gasteiger partial charge in [-0.05, 0) is 0 Å². The molecule has 0 aliphatic rings. The Kier molecular flexibility index (Phi) is 15.1. The van der Waals surface area contributed by atoms with E-state index in [1.165, 1.54) is 0 Å². The van der Waals surface area contributed by atoms with Crippen LogP contribution in [0.5, 0.6) is 0 Å². The number of phosphoric ester groups is 1. The molecule has 0 rings (SSSR count). The summed E-state index contributed by atoms with van der Waals surface area (Å²) in [5.74, 6) is 0.398. The van der Waals surface area contributed by atoms with Crippen LogP contribution in [0.25, 0.3) is 0 Å². The van der Waals surface area contributed by atoms with Gasteiger partial charge in [-0.15, -0.1) is 58.0 Å². The first-order chi connectivity index (χ1) is 10.9. The third-order valence-corrected chi connectivity index (χ3v) is 8.50. The van der Waals surface area contributed by atoms with Gasteiger partial charge in [0.15, 0.2) is 0 Å². The van der Waals surface area contributed by atoms with Crippen LogP contribution >= 0.6 is 97.7 Å². The average Bonchev–Trinajstić information content (AvgIpc) is 2.59. The van der Waals surface area contributed by atoms with Crippen molar-refractivity contribution in [1.29, 1.82) is 0 Å². The molecule has 0 spiro atoms. The lowest BCUT2D eigenvalue weighted by atomic mass is 9.98. The minimum Gasteiger partial charge on any atom is -0.286 e. The van der Waals surface area contributed by atoms with E-state index in [-0.39, 0.29) is 36.0 Å². The minimum absolute atomic E-state index is 0.0266. The number of hydrogen-bond acceptors (Lipinski definition) is 4. The zero-order valence-corrected chi connectivity index (χ0v) is 19.9. The van der Waals surface area contributed by atoms with E-state index in [1.807, 2.05) is 0 Å². The lowest BCUT2D eigenvalue weighted by Gasteiger charge is -2.30. The zero-order valence-electron chi connectivity index (χ0n) is 12.0. The molecule has 4 nitrogen and oxygen atoms in total. The Morgan fingerprint density at radius 2 is 1.26 bits per heavy atom. The molecule has 0 bridgehead atoms. The molecule has 12 heteroatoms. The van der Waals surface area contributed by atoms with E-state index < -0.39 is 25.4 Å². The second-order valence-corrected chi connectivity index (χ2v) is 8.89. The fourth-order valence-corrected chi connectivity index (χ4v) is 6.35. The SMILES string of the molecule is O=P(OCC(CCl)(CBr)CBr)(OC(CCl)CCl)OC(CCl)CCl. The van der Waals surface area contributed by atoms with Gasteiger partial charge in [-0.3, -0.25) is 13.6 Å². The lowest BCUT2D eigenvalue weighted by molar-refractivity contribution is 0.0592. The Labute approximate surface area is 179 Å². The highest BCUT2D eigenvalue weighted by Crippen LogP contribution is 2.53. The monoisotopic (exact) mass is 578 g/mol. The van der Waals surface area contributed by atoms with Gasteiger partial charge in [-0.1, -0.05) is 31.9 Å². The van der Waals surface area contributed by atoms with Crippen molar-refractivity contribution in [2.75, 3.05) is 46.7 Å². The summed E-state index contributed by atoms with van der Waals surface area (Å²) in [6.45, 7) is 0.0266. The normalized spacial score (nSPS) is 13.3. The molecule has 0 aromatic carbocycles. The molecule has 0 unspecified atom stereocenters. The van der Waals surface area contributed by atoms with Gasteiger partial charge in [0.05, 0.1) is 42.3 Å². The molecule has 23 heavy (non-hydrogen) atoms. The molecule has 0 aliphatic carbocycles. The maximum atomic E-state index is 12.9. The summed E-state index contributed by atoms with van der Waals surface area (Å²) in [5, 5.41) is 1.05. The molecule has 0 radical (unpaired) electrons. The number of halogens is 7. The van der Waals surface area contributed by atoms with E-state index in [2.05, 4.69) is 31.9 Å². The van der Waals surface area contributed by atoms with Crippen LogP contribution in [0.2, 0.25) is 0 Å². The molecule has 140 valence electrons. The zero-order chi connectivity index (χ0) is 17.9. The van der Waals surface area contributed by atoms with Gasteiger partial charge in [0.2, 0.25) is 0 Å². The summed E-state index contributed by atoms with van der Waals surface area (Å²) in [6.07, 6.45) is -1.40. The van der Waals surface area contributed by atoms with Crippen LogP contribution in [-0.2, 0) is 18.1 Å². The third kappa shape index (κ3) is 9.32. The van der Waals surface area contributed by atoms with E-state index in [4.69, 9.17) is 71.6 Å². The highest BCUT2D eigenvalue weighted by molar-refractivity contribution is 9.09. The molecule has 0 fully saturated rings. The van der Waals surface area contributed by atoms with E-state index in [0.29, 0.717) is 10.7 Å². The first-order valence-electron chi connectivity index (χ1n) is 6.41. The highest BCUT2D eigenvalue weighted by Gasteiger charge is 2.38. The van der Waals surface area contributed by atoms with Crippen LogP contribution in [0.3, 0.4) is 0 Å². The summed E-state index contributed by atoms with van der Waals surface area (Å²) in [7, 11) is -3.97. The fraction of sp³-hybridized carbons (Fsp3) is 1.00. The molecule has 0 saturated heterocycles. The Morgan fingerprint density at radius 1 is 0.870 bits per heavy atom. The van der Waals surface area contributed by atoms with Crippen molar-refractivity contribution >= 4 is 97.7 Å². The molecule has 0 amide bonds. The first-order valence-corrected chi connectivity index (χ1v) is 12.8. The largest absolute Gasteiger partial charge is 0.475 e. The number of rotatable bonds is 14. The Bertz CT molecular complexity index is 331. The molecular weight excluding hydrogens is 564 g/mol. The van der Waals surface area contributed by atoms with Gasteiger partial charge in [-0.25, -0.2) is 4.57 Å². The van der Waals surface area contributed by atoms with E-state index in [9.17, 15) is 4.57 Å². The van der Waals surface area contributed by atoms with Gasteiger partial charge in [0, 0.05) is 22.0 Å². The van der Waals surface area contributed by atoms with Gasteiger partial charge in [-0.2, -0.15) is 0 Å². The van der Waals surface area contributed by atoms with Crippen LogP contribution in [0.15, 0.2) is 0 Å². The van der Waals surface area contributed by atoms with Crippen LogP contribution in [0, 0.1) is 5.41 Å². The molecule has 0 N–H and O–H groups in total. The maximum absolute atomic E-state index is 12.9. The Balaban J connectivity index is 5.14. The summed E-state index contributed by atoms with van der Waals surface area (Å²) in [4.78, 5) is 0. The van der Waals surface area contributed by atoms with Gasteiger partial charge >= 0.3 is 7.82 Å². The standard InChI is InChI=1S/C11H18Br2Cl5O4P/c12-5-11(6-13,7-18)8-20-23(19,21-9(1-14)2-15)22-10(3-16)4-17/h9-10H,1-8H2. The van der Waals surface area contributed by atoms with Gasteiger partial charge in [0.1, 0.15) is 0 Å². The molecule has 0 heterocycles. The summed E-state index contributed by atoms with van der Waals surface area (Å²) in [6, 6.07) is 0. The van der Waals surface area contributed by atoms with E-state index in [0.717, 1.165) is 0 Å². The van der Waals surface area contributed by atoms with Crippen molar-refractivity contribution in [2.45, 2.75) is 12.2 Å². The van der Waals surface area contributed by atoms with Crippen LogP contribution < -0.4 is 0 Å². The molecule has 0 aromatic rings. The van der Waals surface area contributed by atoms with Crippen molar-refractivity contribution in [3.63, 3.8) is 0 Å². The first kappa shape index (κ1) is 25.5. The molecule has 0 aromatic heterocycles. The molecule has 0 aliphatic heterocycles. The quantitative estimate of drug-likeness (QED) is 0.191. The lowest BCUT2D eigenvalue weighted by Crippen LogP contribution is -2.33. The topological polar surface area (TPSA) is 44.8 Å². The highest BCUT2D eigenvalue weighted by atomic mass is 79.9. The second-order valence-electron chi connectivity index (χ2n) is 4.69. The van der Waals surface area contributed by atoms with E-state index >= 15 is 0 Å². The van der Waals surface area contributed by atoms with Crippen molar-refractivity contribution < 1.29 is 18.1 Å².